The first-order valence-electron chi connectivity index (χ1n) is 7.65. The molecule has 0 aliphatic carbocycles. The minimum atomic E-state index is -0.0970. The van der Waals surface area contributed by atoms with E-state index in [1.54, 1.807) is 11.8 Å². The smallest absolute Gasteiger partial charge is 0.277 e. The fourth-order valence-electron chi connectivity index (χ4n) is 2.09. The van der Waals surface area contributed by atoms with E-state index in [2.05, 4.69) is 27.5 Å². The van der Waals surface area contributed by atoms with Gasteiger partial charge < -0.3 is 27.9 Å². The number of carbonyl (C=O) groups excluding carboxylic acids is 1. The first kappa shape index (κ1) is 21.8. The van der Waals surface area contributed by atoms with E-state index in [0.29, 0.717) is 11.1 Å². The van der Waals surface area contributed by atoms with Gasteiger partial charge >= 0.3 is 0 Å². The zero-order valence-electron chi connectivity index (χ0n) is 14.5. The molecule has 0 spiro atoms. The normalized spacial score (nSPS) is 11.7. The highest BCUT2D eigenvalue weighted by atomic mass is 35.5. The van der Waals surface area contributed by atoms with Crippen LogP contribution in [0.4, 0.5) is 5.69 Å². The molecule has 4 N–H and O–H groups in total. The summed E-state index contributed by atoms with van der Waals surface area (Å²) in [5.41, 5.74) is 7.07. The largest absolute Gasteiger partial charge is 1.00 e. The van der Waals surface area contributed by atoms with Crippen LogP contribution in [0, 0.1) is 13.8 Å². The van der Waals surface area contributed by atoms with E-state index in [9.17, 15) is 4.79 Å². The number of thioether (sulfide) groups is 2. The molecular weight excluding hydrogens is 380 g/mol. The fraction of sp³-hybridized carbons (Fsp3) is 0.438. The number of nitrogens with one attached hydrogen (secondary N) is 1. The van der Waals surface area contributed by atoms with E-state index >= 15 is 0 Å². The van der Waals surface area contributed by atoms with Crippen molar-refractivity contribution >= 4 is 35.1 Å². The van der Waals surface area contributed by atoms with E-state index in [-0.39, 0.29) is 30.1 Å². The Labute approximate surface area is 162 Å². The van der Waals surface area contributed by atoms with Crippen molar-refractivity contribution < 1.29 is 27.4 Å². The highest BCUT2D eigenvalue weighted by Gasteiger charge is 2.18. The number of aromatic nitrogens is 2. The van der Waals surface area contributed by atoms with Crippen LogP contribution in [-0.4, -0.2) is 33.9 Å². The van der Waals surface area contributed by atoms with Gasteiger partial charge in [-0.25, -0.2) is 0 Å². The van der Waals surface area contributed by atoms with Gasteiger partial charge in [0.05, 0.1) is 5.75 Å². The standard InChI is InChI=1S/C16H22N4O2S2.ClH/c1-10-4-5-13(11(2)8-10)18-14(21)9-24-16-20-19-15(22-16)12(17)6-7-23-3;/h4-5,8,12H,6-7,9,17H2,1-3H3,(H,18,21);1H/t12-;/m0./s1. The van der Waals surface area contributed by atoms with Crippen molar-refractivity contribution in [3.8, 4) is 0 Å². The lowest BCUT2D eigenvalue weighted by molar-refractivity contribution is -0.432. The zero-order chi connectivity index (χ0) is 17.5. The number of hydrogen-bond acceptors (Lipinski definition) is 6. The molecule has 0 bridgehead atoms. The van der Waals surface area contributed by atoms with Crippen LogP contribution in [0.2, 0.25) is 0 Å². The minimum absolute atomic E-state index is 0. The van der Waals surface area contributed by atoms with Crippen LogP contribution in [0.3, 0.4) is 0 Å². The molecule has 0 unspecified atom stereocenters. The number of aryl methyl sites for hydroxylation is 2. The van der Waals surface area contributed by atoms with Gasteiger partial charge in [0.1, 0.15) is 0 Å². The van der Waals surface area contributed by atoms with Crippen LogP contribution in [-0.2, 0) is 4.79 Å². The molecule has 1 amide bonds. The number of carbonyl (C=O) groups is 1. The summed E-state index contributed by atoms with van der Waals surface area (Å²) < 4.78 is 5.57. The van der Waals surface area contributed by atoms with Crippen LogP contribution >= 0.6 is 23.5 Å². The Morgan fingerprint density at radius 1 is 1.36 bits per heavy atom. The van der Waals surface area contributed by atoms with Gasteiger partial charge in [-0.2, -0.15) is 11.8 Å². The van der Waals surface area contributed by atoms with Gasteiger partial charge in [0, 0.05) is 12.1 Å². The van der Waals surface area contributed by atoms with Crippen molar-refractivity contribution in [2.45, 2.75) is 31.5 Å². The molecule has 6 nitrogen and oxygen atoms in total. The van der Waals surface area contributed by atoms with Gasteiger partial charge in [-0.15, -0.1) is 10.2 Å². The monoisotopic (exact) mass is 402 g/mol. The molecule has 1 atom stereocenters. The van der Waals surface area contributed by atoms with Crippen LogP contribution in [0.25, 0.3) is 0 Å². The Morgan fingerprint density at radius 3 is 2.80 bits per heavy atom. The van der Waals surface area contributed by atoms with Crippen molar-refractivity contribution in [2.75, 3.05) is 23.1 Å². The molecule has 0 aliphatic rings. The van der Waals surface area contributed by atoms with Crippen molar-refractivity contribution in [3.05, 3.63) is 35.2 Å². The van der Waals surface area contributed by atoms with E-state index < -0.39 is 0 Å². The molecule has 1 aromatic heterocycles. The summed E-state index contributed by atoms with van der Waals surface area (Å²) in [7, 11) is 0. The van der Waals surface area contributed by atoms with Gasteiger partial charge in [0.25, 0.3) is 11.1 Å². The second-order valence-electron chi connectivity index (χ2n) is 5.54. The second kappa shape index (κ2) is 10.7. The number of anilines is 1. The molecule has 2 rings (SSSR count). The molecule has 1 heterocycles. The Bertz CT molecular complexity index is 697. The first-order chi connectivity index (χ1) is 11.5. The van der Waals surface area contributed by atoms with Crippen LogP contribution < -0.4 is 23.5 Å². The average Bonchev–Trinajstić information content (AvgIpc) is 3.02. The Balaban J connectivity index is 0.00000312. The molecule has 0 saturated carbocycles. The lowest BCUT2D eigenvalue weighted by Gasteiger charge is -2.08. The summed E-state index contributed by atoms with van der Waals surface area (Å²) in [5.74, 6) is 1.65. The number of amides is 1. The molecule has 0 radical (unpaired) electrons. The third-order valence-corrected chi connectivity index (χ3v) is 4.89. The van der Waals surface area contributed by atoms with Gasteiger partial charge in [-0.1, -0.05) is 29.5 Å². The summed E-state index contributed by atoms with van der Waals surface area (Å²) in [5, 5.41) is 11.3. The van der Waals surface area contributed by atoms with E-state index in [0.717, 1.165) is 23.4 Å². The van der Waals surface area contributed by atoms with E-state index in [1.807, 2.05) is 32.0 Å². The molecule has 2 aromatic rings. The molecular formula is C16H23ClN4O2S2. The Morgan fingerprint density at radius 2 is 2.12 bits per heavy atom. The van der Waals surface area contributed by atoms with Crippen LogP contribution in [0.5, 0.6) is 0 Å². The molecule has 25 heavy (non-hydrogen) atoms. The SMILES string of the molecule is CSCC[C@H]([NH3+])c1nnc(SCC(=O)Nc2ccc(C)cc2C)o1.[Cl-]. The van der Waals surface area contributed by atoms with Crippen LogP contribution in [0.15, 0.2) is 27.8 Å². The molecule has 138 valence electrons. The van der Waals surface area contributed by atoms with Crippen molar-refractivity contribution in [2.24, 2.45) is 0 Å². The summed E-state index contributed by atoms with van der Waals surface area (Å²) in [4.78, 5) is 12.1. The zero-order valence-corrected chi connectivity index (χ0v) is 16.9. The lowest BCUT2D eigenvalue weighted by Crippen LogP contribution is -3.00. The highest BCUT2D eigenvalue weighted by molar-refractivity contribution is 7.99. The maximum absolute atomic E-state index is 12.1. The first-order valence-corrected chi connectivity index (χ1v) is 10.0. The number of quaternary nitrogens is 1. The van der Waals surface area contributed by atoms with E-state index in [1.165, 1.54) is 17.3 Å². The topological polar surface area (TPSA) is 95.7 Å². The number of benzene rings is 1. The Hall–Kier alpha value is -1.22. The fourth-order valence-corrected chi connectivity index (χ4v) is 3.18. The summed E-state index contributed by atoms with van der Waals surface area (Å²) in [6, 6.07) is 5.92. The maximum Gasteiger partial charge on any atom is 0.277 e. The van der Waals surface area contributed by atoms with Crippen LogP contribution in [0.1, 0.15) is 29.5 Å². The molecule has 0 saturated heterocycles. The highest BCUT2D eigenvalue weighted by Crippen LogP contribution is 2.21. The van der Waals surface area contributed by atoms with Gasteiger partial charge in [0.15, 0.2) is 6.04 Å². The maximum atomic E-state index is 12.1. The molecule has 1 aromatic carbocycles. The Kier molecular flexibility index (Phi) is 9.34. The number of nitrogens with zero attached hydrogens (tertiary/aromatic N) is 2. The summed E-state index contributed by atoms with van der Waals surface area (Å²) >= 11 is 2.99. The quantitative estimate of drug-likeness (QED) is 0.575. The molecule has 0 aliphatic heterocycles. The average molecular weight is 403 g/mol. The second-order valence-corrected chi connectivity index (χ2v) is 7.45. The number of halogens is 1. The molecule has 0 fully saturated rings. The van der Waals surface area contributed by atoms with Gasteiger partial charge in [-0.3, -0.25) is 4.79 Å². The summed E-state index contributed by atoms with van der Waals surface area (Å²) in [6.45, 7) is 4.00. The van der Waals surface area contributed by atoms with Crippen molar-refractivity contribution in [3.63, 3.8) is 0 Å². The van der Waals surface area contributed by atoms with Gasteiger partial charge in [-0.05, 0) is 37.5 Å². The number of hydrogen-bond donors (Lipinski definition) is 2. The predicted molar refractivity (Wildman–Crippen MR) is 98.2 cm³/mol. The third kappa shape index (κ3) is 6.89. The third-order valence-electron chi connectivity index (χ3n) is 3.42. The molecule has 9 heteroatoms. The van der Waals surface area contributed by atoms with Crippen molar-refractivity contribution in [1.29, 1.82) is 0 Å². The van der Waals surface area contributed by atoms with E-state index in [4.69, 9.17) is 4.42 Å². The van der Waals surface area contributed by atoms with Crippen molar-refractivity contribution in [1.82, 2.24) is 10.2 Å². The van der Waals surface area contributed by atoms with Gasteiger partial charge in [0.2, 0.25) is 5.91 Å². The minimum Gasteiger partial charge on any atom is -1.00 e. The lowest BCUT2D eigenvalue weighted by atomic mass is 10.1. The predicted octanol–water partition coefficient (Wildman–Crippen LogP) is -0.543. The number of rotatable bonds is 8. The summed E-state index contributed by atoms with van der Waals surface area (Å²) in [6.07, 6.45) is 2.94.